The highest BCUT2D eigenvalue weighted by atomic mass is 16.5. The lowest BCUT2D eigenvalue weighted by atomic mass is 9.53. The number of aliphatic hydroxyl groups is 1. The summed E-state index contributed by atoms with van der Waals surface area (Å²) in [7, 11) is 0. The average molecular weight is 332 g/mol. The normalized spacial score (nSPS) is 35.1. The van der Waals surface area contributed by atoms with Crippen LogP contribution in [0.1, 0.15) is 61.4 Å². The van der Waals surface area contributed by atoms with E-state index < -0.39 is 23.6 Å². The Bertz CT molecular complexity index is 715. The van der Waals surface area contributed by atoms with Gasteiger partial charge in [-0.2, -0.15) is 0 Å². The molecule has 24 heavy (non-hydrogen) atoms. The zero-order valence-electron chi connectivity index (χ0n) is 14.6. The predicted molar refractivity (Wildman–Crippen MR) is 87.4 cm³/mol. The maximum absolute atomic E-state index is 13.0. The molecule has 0 radical (unpaired) electrons. The zero-order valence-corrected chi connectivity index (χ0v) is 14.6. The van der Waals surface area contributed by atoms with Gasteiger partial charge in [0, 0.05) is 22.5 Å². The molecule has 1 N–H and O–H groups in total. The molecule has 0 aliphatic heterocycles. The van der Waals surface area contributed by atoms with Gasteiger partial charge in [0.15, 0.2) is 5.76 Å². The summed E-state index contributed by atoms with van der Waals surface area (Å²) in [5.41, 5.74) is 1.04. The van der Waals surface area contributed by atoms with Crippen molar-refractivity contribution in [1.82, 2.24) is 0 Å². The number of Topliss-reactive ketones (excluding diaryl/α,β-unsaturated/α-hetero) is 1. The number of fused-ring (bicyclic) bond motifs is 2. The van der Waals surface area contributed by atoms with Crippen molar-refractivity contribution in [3.05, 3.63) is 35.3 Å². The van der Waals surface area contributed by atoms with Crippen LogP contribution in [0.15, 0.2) is 22.8 Å². The molecule has 1 aromatic rings. The van der Waals surface area contributed by atoms with Gasteiger partial charge >= 0.3 is 5.97 Å². The molecule has 0 saturated heterocycles. The number of aryl methyl sites for hydroxylation is 1. The van der Waals surface area contributed by atoms with Crippen molar-refractivity contribution < 1.29 is 23.8 Å². The molecular formula is C19H24O5. The Hall–Kier alpha value is -1.88. The summed E-state index contributed by atoms with van der Waals surface area (Å²) in [4.78, 5) is 25.2. The van der Waals surface area contributed by atoms with E-state index in [1.165, 1.54) is 6.26 Å². The van der Waals surface area contributed by atoms with Crippen LogP contribution in [0.3, 0.4) is 0 Å². The van der Waals surface area contributed by atoms with Crippen molar-refractivity contribution in [1.29, 1.82) is 0 Å². The average Bonchev–Trinajstić information content (AvgIpc) is 2.90. The van der Waals surface area contributed by atoms with Crippen LogP contribution in [0, 0.1) is 24.2 Å². The van der Waals surface area contributed by atoms with Gasteiger partial charge in [-0.3, -0.25) is 4.79 Å². The standard InChI is InChI=1S/C19H24O5/c1-9(2)18(22)24-17-14-10(3)8-23-16(14)15(21)12-6-7-13(20)11(4)19(12,17)5/h8,11-13,17,20H,1,6-7H2,2-5H3/t11-,12+,13+,17+,19+/m0/s1. The molecule has 5 atom stereocenters. The molecule has 1 aromatic heterocycles. The minimum absolute atomic E-state index is 0.0537. The van der Waals surface area contributed by atoms with E-state index in [0.717, 1.165) is 5.56 Å². The molecule has 130 valence electrons. The number of hydrogen-bond donors (Lipinski definition) is 1. The number of hydrogen-bond acceptors (Lipinski definition) is 5. The summed E-state index contributed by atoms with van der Waals surface area (Å²) in [5.74, 6) is -0.782. The van der Waals surface area contributed by atoms with Crippen molar-refractivity contribution in [2.75, 3.05) is 0 Å². The van der Waals surface area contributed by atoms with E-state index >= 15 is 0 Å². The number of carbonyl (C=O) groups excluding carboxylic acids is 2. The Kier molecular flexibility index (Phi) is 3.95. The van der Waals surface area contributed by atoms with Crippen LogP contribution >= 0.6 is 0 Å². The molecule has 5 heteroatoms. The topological polar surface area (TPSA) is 76.7 Å². The molecule has 0 spiro atoms. The summed E-state index contributed by atoms with van der Waals surface area (Å²) in [6.45, 7) is 10.9. The molecule has 0 amide bonds. The smallest absolute Gasteiger partial charge is 0.333 e. The van der Waals surface area contributed by atoms with Gasteiger partial charge in [-0.15, -0.1) is 0 Å². The summed E-state index contributed by atoms with van der Waals surface area (Å²) in [6, 6.07) is 0. The van der Waals surface area contributed by atoms with Crippen LogP contribution in [0.5, 0.6) is 0 Å². The first kappa shape index (κ1) is 17.0. The van der Waals surface area contributed by atoms with Gasteiger partial charge < -0.3 is 14.3 Å². The van der Waals surface area contributed by atoms with Gasteiger partial charge in [0.1, 0.15) is 6.10 Å². The largest absolute Gasteiger partial charge is 0.461 e. The Balaban J connectivity index is 2.18. The first-order valence-corrected chi connectivity index (χ1v) is 8.36. The Labute approximate surface area is 141 Å². The fraction of sp³-hybridized carbons (Fsp3) is 0.579. The highest BCUT2D eigenvalue weighted by Crippen LogP contribution is 2.59. The minimum atomic E-state index is -0.679. The maximum atomic E-state index is 13.0. The lowest BCUT2D eigenvalue weighted by molar-refractivity contribution is -0.168. The van der Waals surface area contributed by atoms with Gasteiger partial charge in [0.05, 0.1) is 12.4 Å². The molecule has 0 unspecified atom stereocenters. The van der Waals surface area contributed by atoms with Crippen molar-refractivity contribution in [2.24, 2.45) is 17.3 Å². The first-order chi connectivity index (χ1) is 11.2. The number of carbonyl (C=O) groups is 2. The number of ether oxygens (including phenoxy) is 1. The molecule has 1 fully saturated rings. The number of aliphatic hydroxyl groups excluding tert-OH is 1. The quantitative estimate of drug-likeness (QED) is 0.664. The highest BCUT2D eigenvalue weighted by molar-refractivity contribution is 5.99. The van der Waals surface area contributed by atoms with Crippen molar-refractivity contribution in [2.45, 2.75) is 52.7 Å². The van der Waals surface area contributed by atoms with E-state index in [1.807, 2.05) is 20.8 Å². The summed E-state index contributed by atoms with van der Waals surface area (Å²) >= 11 is 0. The van der Waals surface area contributed by atoms with Gasteiger partial charge in [-0.05, 0) is 38.2 Å². The van der Waals surface area contributed by atoms with E-state index in [4.69, 9.17) is 9.15 Å². The number of esters is 1. The van der Waals surface area contributed by atoms with Crippen LogP contribution in [0.2, 0.25) is 0 Å². The molecule has 1 heterocycles. The summed E-state index contributed by atoms with van der Waals surface area (Å²) in [5, 5.41) is 10.4. The SMILES string of the molecule is C=C(C)C(=O)O[C@@H]1c2c(C)coc2C(=O)[C@H]2CC[C@@H](O)[C@H](C)[C@]21C. The van der Waals surface area contributed by atoms with Gasteiger partial charge in [-0.25, -0.2) is 4.79 Å². The van der Waals surface area contributed by atoms with E-state index in [0.29, 0.717) is 24.0 Å². The molecule has 3 rings (SSSR count). The summed E-state index contributed by atoms with van der Waals surface area (Å²) < 4.78 is 11.3. The third-order valence-corrected chi connectivity index (χ3v) is 6.02. The van der Waals surface area contributed by atoms with E-state index in [2.05, 4.69) is 6.58 Å². The number of rotatable bonds is 2. The van der Waals surface area contributed by atoms with Crippen molar-refractivity contribution in [3.8, 4) is 0 Å². The second kappa shape index (κ2) is 5.59. The molecular weight excluding hydrogens is 308 g/mol. The Morgan fingerprint density at radius 1 is 1.46 bits per heavy atom. The maximum Gasteiger partial charge on any atom is 0.333 e. The lowest BCUT2D eigenvalue weighted by Crippen LogP contribution is -2.54. The fourth-order valence-corrected chi connectivity index (χ4v) is 4.30. The van der Waals surface area contributed by atoms with E-state index in [-0.39, 0.29) is 23.4 Å². The molecule has 5 nitrogen and oxygen atoms in total. The van der Waals surface area contributed by atoms with Crippen LogP contribution in [-0.2, 0) is 9.53 Å². The highest BCUT2D eigenvalue weighted by Gasteiger charge is 2.60. The monoisotopic (exact) mass is 332 g/mol. The van der Waals surface area contributed by atoms with Crippen LogP contribution in [0.25, 0.3) is 0 Å². The zero-order chi connectivity index (χ0) is 17.8. The van der Waals surface area contributed by atoms with E-state index in [9.17, 15) is 14.7 Å². The van der Waals surface area contributed by atoms with Crippen molar-refractivity contribution >= 4 is 11.8 Å². The second-order valence-corrected chi connectivity index (χ2v) is 7.44. The van der Waals surface area contributed by atoms with Gasteiger partial charge in [0.25, 0.3) is 0 Å². The van der Waals surface area contributed by atoms with Crippen LogP contribution in [0.4, 0.5) is 0 Å². The summed E-state index contributed by atoms with van der Waals surface area (Å²) in [6.07, 6.45) is 1.48. The Morgan fingerprint density at radius 2 is 2.12 bits per heavy atom. The molecule has 2 aliphatic rings. The third kappa shape index (κ3) is 2.18. The molecule has 0 aromatic carbocycles. The van der Waals surface area contributed by atoms with Gasteiger partial charge in [0.2, 0.25) is 5.78 Å². The predicted octanol–water partition coefficient (Wildman–Crippen LogP) is 3.36. The number of ketones is 1. The lowest BCUT2D eigenvalue weighted by Gasteiger charge is -2.53. The number of furan rings is 1. The Morgan fingerprint density at radius 3 is 2.75 bits per heavy atom. The van der Waals surface area contributed by atoms with Gasteiger partial charge in [-0.1, -0.05) is 20.4 Å². The fourth-order valence-electron chi connectivity index (χ4n) is 4.30. The second-order valence-electron chi connectivity index (χ2n) is 7.44. The third-order valence-electron chi connectivity index (χ3n) is 6.02. The molecule has 2 aliphatic carbocycles. The molecule has 1 saturated carbocycles. The minimum Gasteiger partial charge on any atom is -0.461 e. The van der Waals surface area contributed by atoms with Crippen molar-refractivity contribution in [3.63, 3.8) is 0 Å². The molecule has 0 bridgehead atoms. The van der Waals surface area contributed by atoms with E-state index in [1.54, 1.807) is 6.92 Å². The van der Waals surface area contributed by atoms with Crippen LogP contribution in [-0.4, -0.2) is 23.0 Å². The first-order valence-electron chi connectivity index (χ1n) is 8.36. The van der Waals surface area contributed by atoms with Crippen LogP contribution < -0.4 is 0 Å².